The molecule has 1 aliphatic heterocycles. The van der Waals surface area contributed by atoms with Crippen LogP contribution in [0.3, 0.4) is 0 Å². The zero-order valence-electron chi connectivity index (χ0n) is 17.7. The Morgan fingerprint density at radius 2 is 1.86 bits per heavy atom. The third-order valence-electron chi connectivity index (χ3n) is 5.53. The Morgan fingerprint density at radius 1 is 1.14 bits per heavy atom. The van der Waals surface area contributed by atoms with E-state index < -0.39 is 5.60 Å². The summed E-state index contributed by atoms with van der Waals surface area (Å²) in [7, 11) is 1.59. The Balaban J connectivity index is 1.86. The van der Waals surface area contributed by atoms with Crippen LogP contribution < -0.4 is 5.32 Å². The fourth-order valence-electron chi connectivity index (χ4n) is 3.75. The molecule has 0 spiro atoms. The monoisotopic (exact) mass is 401 g/mol. The fourth-order valence-corrected chi connectivity index (χ4v) is 3.75. The van der Waals surface area contributed by atoms with Gasteiger partial charge in [-0.05, 0) is 51.3 Å². The number of amides is 3. The summed E-state index contributed by atoms with van der Waals surface area (Å²) in [5.74, 6) is 0.0478. The van der Waals surface area contributed by atoms with E-state index in [2.05, 4.69) is 5.32 Å². The third-order valence-corrected chi connectivity index (χ3v) is 5.53. The molecule has 3 rings (SSSR count). The van der Waals surface area contributed by atoms with Gasteiger partial charge in [-0.1, -0.05) is 18.6 Å². The largest absolute Gasteiger partial charge is 0.444 e. The van der Waals surface area contributed by atoms with Gasteiger partial charge in [-0.25, -0.2) is 4.79 Å². The van der Waals surface area contributed by atoms with Crippen LogP contribution in [0.5, 0.6) is 0 Å². The average Bonchev–Trinajstić information content (AvgIpc) is 2.64. The van der Waals surface area contributed by atoms with Crippen LogP contribution in [-0.4, -0.2) is 60.0 Å². The number of nitrogens with zero attached hydrogens (tertiary/aromatic N) is 2. The van der Waals surface area contributed by atoms with Gasteiger partial charge in [-0.15, -0.1) is 0 Å². The predicted molar refractivity (Wildman–Crippen MR) is 109 cm³/mol. The Bertz CT molecular complexity index is 783. The smallest absolute Gasteiger partial charge is 0.410 e. The lowest BCUT2D eigenvalue weighted by Gasteiger charge is -2.44. The Kier molecular flexibility index (Phi) is 6.15. The van der Waals surface area contributed by atoms with Crippen molar-refractivity contribution in [3.05, 3.63) is 35.4 Å². The van der Waals surface area contributed by atoms with Crippen LogP contribution in [0.4, 0.5) is 4.79 Å². The highest BCUT2D eigenvalue weighted by Crippen LogP contribution is 2.34. The second-order valence-corrected chi connectivity index (χ2v) is 8.81. The fraction of sp³-hybridized carbons (Fsp3) is 0.591. The van der Waals surface area contributed by atoms with Crippen molar-refractivity contribution in [3.63, 3.8) is 0 Å². The van der Waals surface area contributed by atoms with Crippen molar-refractivity contribution < 1.29 is 19.1 Å². The molecule has 3 amide bonds. The third kappa shape index (κ3) is 4.89. The number of hydrogen-bond donors (Lipinski definition) is 1. The first-order valence-electron chi connectivity index (χ1n) is 10.3. The normalized spacial score (nSPS) is 20.1. The van der Waals surface area contributed by atoms with Crippen molar-refractivity contribution in [2.45, 2.75) is 51.7 Å². The lowest BCUT2D eigenvalue weighted by molar-refractivity contribution is -0.143. The van der Waals surface area contributed by atoms with E-state index in [9.17, 15) is 14.4 Å². The number of rotatable bonds is 3. The molecule has 1 saturated heterocycles. The van der Waals surface area contributed by atoms with Crippen LogP contribution in [0.25, 0.3) is 0 Å². The van der Waals surface area contributed by atoms with Crippen LogP contribution in [0.15, 0.2) is 24.3 Å². The minimum Gasteiger partial charge on any atom is -0.444 e. The van der Waals surface area contributed by atoms with Gasteiger partial charge in [0.2, 0.25) is 5.91 Å². The maximum Gasteiger partial charge on any atom is 0.410 e. The van der Waals surface area contributed by atoms with Gasteiger partial charge >= 0.3 is 6.09 Å². The van der Waals surface area contributed by atoms with Crippen molar-refractivity contribution in [2.24, 2.45) is 5.92 Å². The summed E-state index contributed by atoms with van der Waals surface area (Å²) in [6.45, 7) is 6.77. The van der Waals surface area contributed by atoms with E-state index in [1.54, 1.807) is 18.0 Å². The van der Waals surface area contributed by atoms with Gasteiger partial charge in [-0.3, -0.25) is 9.59 Å². The molecule has 7 nitrogen and oxygen atoms in total. The van der Waals surface area contributed by atoms with E-state index >= 15 is 0 Å². The first kappa shape index (κ1) is 21.1. The molecule has 1 aromatic carbocycles. The van der Waals surface area contributed by atoms with Crippen molar-refractivity contribution in [1.29, 1.82) is 0 Å². The zero-order valence-corrected chi connectivity index (χ0v) is 17.7. The first-order chi connectivity index (χ1) is 13.7. The highest BCUT2D eigenvalue weighted by Gasteiger charge is 2.39. The minimum atomic E-state index is -0.579. The van der Waals surface area contributed by atoms with Gasteiger partial charge in [0, 0.05) is 38.2 Å². The average molecular weight is 402 g/mol. The van der Waals surface area contributed by atoms with E-state index in [1.165, 1.54) is 0 Å². The summed E-state index contributed by atoms with van der Waals surface area (Å²) >= 11 is 0. The molecule has 1 saturated carbocycles. The molecule has 1 N–H and O–H groups in total. The van der Waals surface area contributed by atoms with Gasteiger partial charge in [0.1, 0.15) is 5.60 Å². The molecule has 2 aliphatic rings. The van der Waals surface area contributed by atoms with Crippen LogP contribution in [0.1, 0.15) is 62.0 Å². The molecule has 1 heterocycles. The summed E-state index contributed by atoms with van der Waals surface area (Å²) in [5, 5.41) is 2.63. The maximum absolute atomic E-state index is 13.1. The van der Waals surface area contributed by atoms with Gasteiger partial charge in [0.25, 0.3) is 5.91 Å². The number of carbonyl (C=O) groups excluding carboxylic acids is 3. The first-order valence-corrected chi connectivity index (χ1v) is 10.3. The minimum absolute atomic E-state index is 0.0766. The Morgan fingerprint density at radius 3 is 2.45 bits per heavy atom. The topological polar surface area (TPSA) is 79.0 Å². The molecule has 1 aromatic rings. The standard InChI is InChI=1S/C22H31N3O4/c1-22(2,3)29-21(28)24-11-12-25(20(27)15-7-5-8-15)18(14-24)16-9-6-10-17(13-16)19(26)23-4/h6,9-10,13,15,18H,5,7-8,11-12,14H2,1-4H3,(H,23,26). The van der Waals surface area contributed by atoms with Gasteiger partial charge in [0.05, 0.1) is 6.04 Å². The lowest BCUT2D eigenvalue weighted by atomic mass is 9.83. The highest BCUT2D eigenvalue weighted by atomic mass is 16.6. The summed E-state index contributed by atoms with van der Waals surface area (Å²) in [6, 6.07) is 6.99. The Hall–Kier alpha value is -2.57. The van der Waals surface area contributed by atoms with Crippen LogP contribution in [-0.2, 0) is 9.53 Å². The molecule has 1 unspecified atom stereocenters. The maximum atomic E-state index is 13.1. The molecule has 0 bridgehead atoms. The summed E-state index contributed by atoms with van der Waals surface area (Å²) < 4.78 is 5.54. The van der Waals surface area contributed by atoms with E-state index in [4.69, 9.17) is 4.74 Å². The number of benzene rings is 1. The zero-order chi connectivity index (χ0) is 21.2. The molecule has 158 valence electrons. The van der Waals surface area contributed by atoms with Crippen molar-refractivity contribution in [3.8, 4) is 0 Å². The molecule has 1 aliphatic carbocycles. The van der Waals surface area contributed by atoms with Gasteiger partial charge in [-0.2, -0.15) is 0 Å². The second-order valence-electron chi connectivity index (χ2n) is 8.81. The molecule has 7 heteroatoms. The van der Waals surface area contributed by atoms with Crippen LogP contribution >= 0.6 is 0 Å². The molecular weight excluding hydrogens is 370 g/mol. The van der Waals surface area contributed by atoms with Crippen molar-refractivity contribution >= 4 is 17.9 Å². The van der Waals surface area contributed by atoms with Crippen molar-refractivity contribution in [2.75, 3.05) is 26.7 Å². The number of nitrogens with one attached hydrogen (secondary N) is 1. The number of carbonyl (C=O) groups is 3. The van der Waals surface area contributed by atoms with E-state index in [-0.39, 0.29) is 29.9 Å². The summed E-state index contributed by atoms with van der Waals surface area (Å²) in [4.78, 5) is 41.3. The Labute approximate surface area is 172 Å². The predicted octanol–water partition coefficient (Wildman–Crippen LogP) is 2.97. The van der Waals surface area contributed by atoms with E-state index in [1.807, 2.05) is 43.9 Å². The quantitative estimate of drug-likeness (QED) is 0.845. The molecule has 1 atom stereocenters. The van der Waals surface area contributed by atoms with Crippen LogP contribution in [0.2, 0.25) is 0 Å². The number of piperazine rings is 1. The van der Waals surface area contributed by atoms with E-state index in [0.29, 0.717) is 25.2 Å². The van der Waals surface area contributed by atoms with Crippen LogP contribution in [0, 0.1) is 5.92 Å². The van der Waals surface area contributed by atoms with E-state index in [0.717, 1.165) is 24.8 Å². The number of hydrogen-bond acceptors (Lipinski definition) is 4. The molecular formula is C22H31N3O4. The van der Waals surface area contributed by atoms with Crippen molar-refractivity contribution in [1.82, 2.24) is 15.1 Å². The van der Waals surface area contributed by atoms with Gasteiger partial charge in [0.15, 0.2) is 0 Å². The summed E-state index contributed by atoms with van der Waals surface area (Å²) in [5.41, 5.74) is 0.812. The number of ether oxygens (including phenoxy) is 1. The highest BCUT2D eigenvalue weighted by molar-refractivity contribution is 5.94. The SMILES string of the molecule is CNC(=O)c1cccc(C2CN(C(=O)OC(C)(C)C)CCN2C(=O)C2CCC2)c1. The lowest BCUT2D eigenvalue weighted by Crippen LogP contribution is -2.54. The molecule has 0 aromatic heterocycles. The van der Waals surface area contributed by atoms with Gasteiger partial charge < -0.3 is 19.9 Å². The summed E-state index contributed by atoms with van der Waals surface area (Å²) in [6.07, 6.45) is 2.57. The molecule has 2 fully saturated rings. The second kappa shape index (κ2) is 8.43. The molecule has 0 radical (unpaired) electrons. The molecule has 29 heavy (non-hydrogen) atoms.